The van der Waals surface area contributed by atoms with Crippen molar-refractivity contribution >= 4 is 16.5 Å². The van der Waals surface area contributed by atoms with Crippen LogP contribution in [0, 0.1) is 11.8 Å². The molecule has 1 aromatic rings. The minimum Gasteiger partial charge on any atom is -0.358 e. The molecule has 0 spiro atoms. The SMILES string of the molecule is CC(C)CCC(C)Nc1nnc(CC(C)C)s1. The molecular formula is C13H25N3S. The Kier molecular flexibility index (Phi) is 5.89. The topological polar surface area (TPSA) is 37.8 Å². The highest BCUT2D eigenvalue weighted by Gasteiger charge is 2.09. The molecule has 1 heterocycles. The maximum absolute atomic E-state index is 4.21. The van der Waals surface area contributed by atoms with Gasteiger partial charge in [-0.05, 0) is 31.6 Å². The molecular weight excluding hydrogens is 230 g/mol. The Balaban J connectivity index is 2.37. The van der Waals surface area contributed by atoms with E-state index in [9.17, 15) is 0 Å². The first kappa shape index (κ1) is 14.4. The molecule has 98 valence electrons. The number of aromatic nitrogens is 2. The predicted molar refractivity (Wildman–Crippen MR) is 75.6 cm³/mol. The van der Waals surface area contributed by atoms with Gasteiger partial charge in [-0.1, -0.05) is 39.0 Å². The van der Waals surface area contributed by atoms with Crippen LogP contribution in [0.3, 0.4) is 0 Å². The Morgan fingerprint density at radius 2 is 1.71 bits per heavy atom. The van der Waals surface area contributed by atoms with Gasteiger partial charge in [-0.25, -0.2) is 0 Å². The molecule has 0 aliphatic rings. The van der Waals surface area contributed by atoms with Crippen molar-refractivity contribution in [1.29, 1.82) is 0 Å². The molecule has 0 saturated carbocycles. The van der Waals surface area contributed by atoms with E-state index in [1.165, 1.54) is 12.8 Å². The molecule has 0 bridgehead atoms. The number of nitrogens with zero attached hydrogens (tertiary/aromatic N) is 2. The van der Waals surface area contributed by atoms with Crippen molar-refractivity contribution < 1.29 is 0 Å². The molecule has 0 fully saturated rings. The van der Waals surface area contributed by atoms with Gasteiger partial charge in [-0.2, -0.15) is 0 Å². The van der Waals surface area contributed by atoms with E-state index < -0.39 is 0 Å². The summed E-state index contributed by atoms with van der Waals surface area (Å²) in [6, 6.07) is 0.484. The van der Waals surface area contributed by atoms with Crippen LogP contribution in [0.4, 0.5) is 5.13 Å². The summed E-state index contributed by atoms with van der Waals surface area (Å²) in [7, 11) is 0. The second kappa shape index (κ2) is 6.94. The predicted octanol–water partition coefficient (Wildman–Crippen LogP) is 3.97. The first-order valence-electron chi connectivity index (χ1n) is 6.56. The van der Waals surface area contributed by atoms with Crippen LogP contribution < -0.4 is 5.32 Å². The summed E-state index contributed by atoms with van der Waals surface area (Å²) >= 11 is 1.69. The summed E-state index contributed by atoms with van der Waals surface area (Å²) in [6.07, 6.45) is 3.47. The molecule has 0 aliphatic heterocycles. The minimum absolute atomic E-state index is 0.484. The van der Waals surface area contributed by atoms with Gasteiger partial charge in [0.25, 0.3) is 0 Å². The molecule has 0 amide bonds. The van der Waals surface area contributed by atoms with E-state index in [1.54, 1.807) is 11.3 Å². The number of rotatable bonds is 7. The summed E-state index contributed by atoms with van der Waals surface area (Å²) in [5.74, 6) is 1.42. The highest BCUT2D eigenvalue weighted by Crippen LogP contribution is 2.20. The minimum atomic E-state index is 0.484. The molecule has 3 nitrogen and oxygen atoms in total. The Bertz CT molecular complexity index is 320. The lowest BCUT2D eigenvalue weighted by Crippen LogP contribution is -2.15. The van der Waals surface area contributed by atoms with Crippen LogP contribution in [0.15, 0.2) is 0 Å². The molecule has 4 heteroatoms. The van der Waals surface area contributed by atoms with Gasteiger partial charge >= 0.3 is 0 Å². The number of nitrogens with one attached hydrogen (secondary N) is 1. The second-order valence-electron chi connectivity index (χ2n) is 5.62. The van der Waals surface area contributed by atoms with Crippen LogP contribution in [0.1, 0.15) is 52.5 Å². The molecule has 0 aliphatic carbocycles. The number of anilines is 1. The van der Waals surface area contributed by atoms with Crippen LogP contribution in [0.25, 0.3) is 0 Å². The normalized spacial score (nSPS) is 13.4. The summed E-state index contributed by atoms with van der Waals surface area (Å²) in [5.41, 5.74) is 0. The van der Waals surface area contributed by atoms with Crippen LogP contribution in [0.5, 0.6) is 0 Å². The molecule has 0 radical (unpaired) electrons. The van der Waals surface area contributed by atoms with E-state index in [0.29, 0.717) is 12.0 Å². The third kappa shape index (κ3) is 6.01. The Morgan fingerprint density at radius 1 is 1.00 bits per heavy atom. The number of hydrogen-bond donors (Lipinski definition) is 1. The maximum Gasteiger partial charge on any atom is 0.205 e. The van der Waals surface area contributed by atoms with Gasteiger partial charge in [0.2, 0.25) is 5.13 Å². The summed E-state index contributed by atoms with van der Waals surface area (Å²) < 4.78 is 0. The largest absolute Gasteiger partial charge is 0.358 e. The first-order chi connectivity index (χ1) is 7.97. The van der Waals surface area contributed by atoms with E-state index in [-0.39, 0.29) is 0 Å². The quantitative estimate of drug-likeness (QED) is 0.801. The van der Waals surface area contributed by atoms with Crippen molar-refractivity contribution in [2.45, 2.75) is 59.9 Å². The monoisotopic (exact) mass is 255 g/mol. The van der Waals surface area contributed by atoms with Crippen LogP contribution in [-0.2, 0) is 6.42 Å². The molecule has 1 atom stereocenters. The molecule has 0 saturated heterocycles. The molecule has 1 rings (SSSR count). The fraction of sp³-hybridized carbons (Fsp3) is 0.846. The van der Waals surface area contributed by atoms with Gasteiger partial charge in [-0.3, -0.25) is 0 Å². The van der Waals surface area contributed by atoms with E-state index in [0.717, 1.165) is 22.5 Å². The standard InChI is InChI=1S/C13H25N3S/c1-9(2)6-7-11(5)14-13-16-15-12(17-13)8-10(3)4/h9-11H,6-8H2,1-5H3,(H,14,16). The lowest BCUT2D eigenvalue weighted by Gasteiger charge is -2.13. The van der Waals surface area contributed by atoms with Gasteiger partial charge < -0.3 is 5.32 Å². The van der Waals surface area contributed by atoms with E-state index >= 15 is 0 Å². The lowest BCUT2D eigenvalue weighted by atomic mass is 10.0. The Hall–Kier alpha value is -0.640. The average molecular weight is 255 g/mol. The van der Waals surface area contributed by atoms with Crippen molar-refractivity contribution in [3.05, 3.63) is 5.01 Å². The van der Waals surface area contributed by atoms with E-state index in [2.05, 4.69) is 50.1 Å². The van der Waals surface area contributed by atoms with Gasteiger partial charge in [0.05, 0.1) is 0 Å². The van der Waals surface area contributed by atoms with Crippen molar-refractivity contribution in [3.8, 4) is 0 Å². The van der Waals surface area contributed by atoms with Gasteiger partial charge in [-0.15, -0.1) is 10.2 Å². The summed E-state index contributed by atoms with van der Waals surface area (Å²) in [5, 5.41) is 13.9. The molecule has 1 aromatic heterocycles. The second-order valence-corrected chi connectivity index (χ2v) is 6.68. The third-order valence-electron chi connectivity index (χ3n) is 2.60. The van der Waals surface area contributed by atoms with E-state index in [1.807, 2.05) is 0 Å². The van der Waals surface area contributed by atoms with Gasteiger partial charge in [0.1, 0.15) is 5.01 Å². The molecule has 17 heavy (non-hydrogen) atoms. The zero-order chi connectivity index (χ0) is 12.8. The zero-order valence-corrected chi connectivity index (χ0v) is 12.5. The van der Waals surface area contributed by atoms with Gasteiger partial charge in [0, 0.05) is 12.5 Å². The highest BCUT2D eigenvalue weighted by atomic mass is 32.1. The fourth-order valence-electron chi connectivity index (χ4n) is 1.61. The highest BCUT2D eigenvalue weighted by molar-refractivity contribution is 7.15. The van der Waals surface area contributed by atoms with Crippen molar-refractivity contribution in [1.82, 2.24) is 10.2 Å². The van der Waals surface area contributed by atoms with Crippen molar-refractivity contribution in [2.24, 2.45) is 11.8 Å². The zero-order valence-electron chi connectivity index (χ0n) is 11.7. The lowest BCUT2D eigenvalue weighted by molar-refractivity contribution is 0.527. The van der Waals surface area contributed by atoms with Crippen LogP contribution in [0.2, 0.25) is 0 Å². The number of hydrogen-bond acceptors (Lipinski definition) is 4. The fourth-order valence-corrected chi connectivity index (χ4v) is 2.67. The van der Waals surface area contributed by atoms with Crippen molar-refractivity contribution in [3.63, 3.8) is 0 Å². The molecule has 0 aromatic carbocycles. The Morgan fingerprint density at radius 3 is 2.29 bits per heavy atom. The van der Waals surface area contributed by atoms with Crippen LogP contribution in [-0.4, -0.2) is 16.2 Å². The summed E-state index contributed by atoms with van der Waals surface area (Å²) in [6.45, 7) is 11.2. The smallest absolute Gasteiger partial charge is 0.205 e. The van der Waals surface area contributed by atoms with Crippen LogP contribution >= 0.6 is 11.3 Å². The first-order valence-corrected chi connectivity index (χ1v) is 7.38. The maximum atomic E-state index is 4.21. The summed E-state index contributed by atoms with van der Waals surface area (Å²) in [4.78, 5) is 0. The molecule has 1 unspecified atom stereocenters. The molecule has 1 N–H and O–H groups in total. The van der Waals surface area contributed by atoms with Gasteiger partial charge in [0.15, 0.2) is 0 Å². The third-order valence-corrected chi connectivity index (χ3v) is 3.47. The Labute approximate surface area is 109 Å². The van der Waals surface area contributed by atoms with E-state index in [4.69, 9.17) is 0 Å². The van der Waals surface area contributed by atoms with Crippen molar-refractivity contribution in [2.75, 3.05) is 5.32 Å². The average Bonchev–Trinajstić information content (AvgIpc) is 2.61.